The number of hydrazine groups is 1. The van der Waals surface area contributed by atoms with Gasteiger partial charge in [-0.3, -0.25) is 15.0 Å². The molecule has 0 aliphatic carbocycles. The van der Waals surface area contributed by atoms with Gasteiger partial charge in [-0.25, -0.2) is 13.2 Å². The maximum absolute atomic E-state index is 12.4. The third kappa shape index (κ3) is 5.50. The molecule has 0 bridgehead atoms. The Morgan fingerprint density at radius 2 is 1.75 bits per heavy atom. The lowest BCUT2D eigenvalue weighted by Crippen LogP contribution is -2.47. The number of hydrogen-bond acceptors (Lipinski definition) is 7. The molecule has 3 aromatic rings. The Morgan fingerprint density at radius 3 is 2.41 bits per heavy atom. The summed E-state index contributed by atoms with van der Waals surface area (Å²) in [6.45, 7) is 4.54. The van der Waals surface area contributed by atoms with E-state index in [4.69, 9.17) is 9.15 Å². The molecule has 0 spiro atoms. The van der Waals surface area contributed by atoms with Gasteiger partial charge in [-0.15, -0.1) is 4.83 Å². The van der Waals surface area contributed by atoms with E-state index >= 15 is 0 Å². The predicted molar refractivity (Wildman–Crippen MR) is 117 cm³/mol. The minimum atomic E-state index is -4.05. The normalized spacial score (nSPS) is 12.2. The number of hydrogen-bond donors (Lipinski definition) is 3. The molecular weight excluding hydrogens is 438 g/mol. The lowest BCUT2D eigenvalue weighted by molar-refractivity contribution is -0.127. The first-order chi connectivity index (χ1) is 15.0. The van der Waals surface area contributed by atoms with Crippen molar-refractivity contribution in [1.82, 2.24) is 10.3 Å². The van der Waals surface area contributed by atoms with Crippen LogP contribution in [0.25, 0.3) is 11.0 Å². The van der Waals surface area contributed by atoms with Crippen LogP contribution in [0.1, 0.15) is 19.4 Å². The maximum Gasteiger partial charge on any atom is 0.336 e. The zero-order valence-corrected chi connectivity index (χ0v) is 18.3. The molecule has 2 amide bonds. The summed E-state index contributed by atoms with van der Waals surface area (Å²) in [5.74, 6) is -0.761. The van der Waals surface area contributed by atoms with Crippen molar-refractivity contribution in [1.29, 1.82) is 0 Å². The number of amides is 2. The summed E-state index contributed by atoms with van der Waals surface area (Å²) in [6.07, 6.45) is -1.06. The molecule has 0 radical (unpaired) electrons. The van der Waals surface area contributed by atoms with Crippen LogP contribution >= 0.6 is 0 Å². The molecule has 0 unspecified atom stereocenters. The number of fused-ring (bicyclic) bond motifs is 1. The third-order valence-corrected chi connectivity index (χ3v) is 5.66. The van der Waals surface area contributed by atoms with Gasteiger partial charge < -0.3 is 14.5 Å². The van der Waals surface area contributed by atoms with Gasteiger partial charge >= 0.3 is 5.63 Å². The predicted octanol–water partition coefficient (Wildman–Crippen LogP) is 1.84. The smallest absolute Gasteiger partial charge is 0.336 e. The minimum Gasteiger partial charge on any atom is -0.481 e. The lowest BCUT2D eigenvalue weighted by atomic mass is 10.1. The van der Waals surface area contributed by atoms with Crippen molar-refractivity contribution < 1.29 is 27.2 Å². The zero-order valence-electron chi connectivity index (χ0n) is 17.5. The van der Waals surface area contributed by atoms with Gasteiger partial charge in [-0.05, 0) is 55.8 Å². The highest BCUT2D eigenvalue weighted by Crippen LogP contribution is 2.23. The van der Waals surface area contributed by atoms with E-state index in [1.807, 2.05) is 4.83 Å². The molecule has 3 rings (SSSR count). The van der Waals surface area contributed by atoms with Crippen molar-refractivity contribution in [3.63, 3.8) is 0 Å². The van der Waals surface area contributed by atoms with Gasteiger partial charge in [0, 0.05) is 30.1 Å². The van der Waals surface area contributed by atoms with E-state index in [9.17, 15) is 22.8 Å². The summed E-state index contributed by atoms with van der Waals surface area (Å²) in [6, 6.07) is 11.6. The number of rotatable bonds is 7. The fourth-order valence-electron chi connectivity index (χ4n) is 2.83. The highest BCUT2D eigenvalue weighted by atomic mass is 32.2. The van der Waals surface area contributed by atoms with Gasteiger partial charge in [0.1, 0.15) is 11.3 Å². The molecule has 168 valence electrons. The Morgan fingerprint density at radius 1 is 1.06 bits per heavy atom. The van der Waals surface area contributed by atoms with Crippen LogP contribution in [-0.4, -0.2) is 26.3 Å². The van der Waals surface area contributed by atoms with Crippen LogP contribution in [0.2, 0.25) is 0 Å². The standard InChI is InChI=1S/C21H21N3O7S/c1-12-10-20(26)31-19-11-16(6-9-18(12)19)30-13(2)21(27)23-24-32(28,29)17-7-4-15(5-8-17)22-14(3)25/h4-11,13,24H,1-3H3,(H,22,25)(H,23,27)/t13-/m1/s1. The van der Waals surface area contributed by atoms with Crippen LogP contribution in [0.15, 0.2) is 62.6 Å². The van der Waals surface area contributed by atoms with Gasteiger partial charge in [0.15, 0.2) is 6.10 Å². The van der Waals surface area contributed by atoms with E-state index in [1.165, 1.54) is 50.2 Å². The van der Waals surface area contributed by atoms with Crippen LogP contribution in [0.5, 0.6) is 5.75 Å². The van der Waals surface area contributed by atoms with Gasteiger partial charge in [0.25, 0.3) is 15.9 Å². The molecule has 10 nitrogen and oxygen atoms in total. The van der Waals surface area contributed by atoms with Crippen molar-refractivity contribution in [3.05, 3.63) is 64.5 Å². The van der Waals surface area contributed by atoms with Gasteiger partial charge in [-0.2, -0.15) is 0 Å². The summed E-state index contributed by atoms with van der Waals surface area (Å²) in [7, 11) is -4.05. The van der Waals surface area contributed by atoms with Crippen LogP contribution in [0.4, 0.5) is 5.69 Å². The second-order valence-electron chi connectivity index (χ2n) is 6.97. The summed E-state index contributed by atoms with van der Waals surface area (Å²) in [5, 5.41) is 3.25. The number of nitrogens with one attached hydrogen (secondary N) is 3. The molecule has 1 heterocycles. The maximum atomic E-state index is 12.4. The van der Waals surface area contributed by atoms with Gasteiger partial charge in [-0.1, -0.05) is 0 Å². The summed E-state index contributed by atoms with van der Waals surface area (Å²) < 4.78 is 35.4. The molecule has 2 aromatic carbocycles. The molecular formula is C21H21N3O7S. The average Bonchev–Trinajstić information content (AvgIpc) is 2.71. The van der Waals surface area contributed by atoms with E-state index in [0.717, 1.165) is 10.9 Å². The Kier molecular flexibility index (Phi) is 6.61. The van der Waals surface area contributed by atoms with Crippen LogP contribution in [0.3, 0.4) is 0 Å². The van der Waals surface area contributed by atoms with Crippen LogP contribution in [-0.2, 0) is 19.6 Å². The molecule has 32 heavy (non-hydrogen) atoms. The first-order valence-corrected chi connectivity index (χ1v) is 10.9. The van der Waals surface area contributed by atoms with E-state index < -0.39 is 27.7 Å². The van der Waals surface area contributed by atoms with Crippen LogP contribution < -0.4 is 25.9 Å². The van der Waals surface area contributed by atoms with Gasteiger partial charge in [0.05, 0.1) is 4.90 Å². The lowest BCUT2D eigenvalue weighted by Gasteiger charge is -2.15. The number of sulfonamides is 1. The fraction of sp³-hybridized carbons (Fsp3) is 0.190. The molecule has 3 N–H and O–H groups in total. The monoisotopic (exact) mass is 459 g/mol. The Bertz CT molecular complexity index is 1330. The molecule has 1 atom stereocenters. The summed E-state index contributed by atoms with van der Waals surface area (Å²) >= 11 is 0. The van der Waals surface area contributed by atoms with E-state index in [2.05, 4.69) is 10.7 Å². The molecule has 0 fully saturated rings. The largest absolute Gasteiger partial charge is 0.481 e. The number of aryl methyl sites for hydroxylation is 1. The van der Waals surface area contributed by atoms with E-state index in [0.29, 0.717) is 11.3 Å². The number of carbonyl (C=O) groups excluding carboxylic acids is 2. The van der Waals surface area contributed by atoms with Crippen molar-refractivity contribution >= 4 is 38.5 Å². The first kappa shape index (κ1) is 23.0. The minimum absolute atomic E-state index is 0.111. The molecule has 0 aliphatic rings. The zero-order chi connectivity index (χ0) is 23.5. The molecule has 0 saturated heterocycles. The second-order valence-corrected chi connectivity index (χ2v) is 8.65. The highest BCUT2D eigenvalue weighted by Gasteiger charge is 2.20. The SMILES string of the molecule is CC(=O)Nc1ccc(S(=O)(=O)NNC(=O)[C@@H](C)Oc2ccc3c(C)cc(=O)oc3c2)cc1. The highest BCUT2D eigenvalue weighted by molar-refractivity contribution is 7.89. The van der Waals surface area contributed by atoms with Crippen LogP contribution in [0, 0.1) is 6.92 Å². The fourth-order valence-corrected chi connectivity index (χ4v) is 3.68. The topological polar surface area (TPSA) is 144 Å². The molecule has 0 aliphatic heterocycles. The van der Waals surface area contributed by atoms with Crippen molar-refractivity contribution in [2.45, 2.75) is 31.8 Å². The number of carbonyl (C=O) groups is 2. The van der Waals surface area contributed by atoms with Crippen molar-refractivity contribution in [2.75, 3.05) is 5.32 Å². The summed E-state index contributed by atoms with van der Waals surface area (Å²) in [4.78, 5) is 36.8. The van der Waals surface area contributed by atoms with Gasteiger partial charge in [0.2, 0.25) is 5.91 Å². The Labute approximate surface area is 183 Å². The number of anilines is 1. The summed E-state index contributed by atoms with van der Waals surface area (Å²) in [5.41, 5.74) is 3.08. The molecule has 1 aromatic heterocycles. The Balaban J connectivity index is 1.63. The van der Waals surface area contributed by atoms with Crippen molar-refractivity contribution in [3.8, 4) is 5.75 Å². The van der Waals surface area contributed by atoms with Crippen molar-refractivity contribution in [2.24, 2.45) is 0 Å². The number of ether oxygens (including phenoxy) is 1. The number of benzene rings is 2. The molecule has 0 saturated carbocycles. The molecule has 11 heteroatoms. The van der Waals surface area contributed by atoms with E-state index in [1.54, 1.807) is 19.1 Å². The third-order valence-electron chi connectivity index (χ3n) is 4.40. The van der Waals surface area contributed by atoms with E-state index in [-0.39, 0.29) is 16.6 Å². The quantitative estimate of drug-likeness (QED) is 0.361. The second kappa shape index (κ2) is 9.20. The first-order valence-electron chi connectivity index (χ1n) is 9.45. The average molecular weight is 459 g/mol. The Hall–Kier alpha value is -3.70.